The third-order valence-electron chi connectivity index (χ3n) is 4.76. The summed E-state index contributed by atoms with van der Waals surface area (Å²) >= 11 is 0. The number of rotatable bonds is 7. The Labute approximate surface area is 132 Å². The zero-order valence-corrected chi connectivity index (χ0v) is 13.9. The largest absolute Gasteiger partial charge is 0.371 e. The van der Waals surface area contributed by atoms with Crippen LogP contribution in [-0.2, 0) is 0 Å². The summed E-state index contributed by atoms with van der Waals surface area (Å²) in [6.45, 7) is 8.27. The molecule has 118 valence electrons. The second-order valence-corrected chi connectivity index (χ2v) is 6.63. The summed E-state index contributed by atoms with van der Waals surface area (Å²) in [7, 11) is 0. The maximum absolute atomic E-state index is 11.6. The van der Waals surface area contributed by atoms with E-state index in [2.05, 4.69) is 35.9 Å². The van der Waals surface area contributed by atoms with Gasteiger partial charge in [0.2, 0.25) is 0 Å². The van der Waals surface area contributed by atoms with Crippen molar-refractivity contribution in [3.63, 3.8) is 0 Å². The average molecular weight is 298 g/mol. The zero-order valence-electron chi connectivity index (χ0n) is 13.9. The van der Waals surface area contributed by atoms with E-state index < -0.39 is 0 Å². The Hall–Kier alpha value is -1.77. The molecule has 22 heavy (non-hydrogen) atoms. The fraction of sp³-hybridized carbons (Fsp3) is 0.526. The van der Waals surface area contributed by atoms with Crippen molar-refractivity contribution in [1.82, 2.24) is 4.98 Å². The molecule has 1 N–H and O–H groups in total. The number of nitrogens with zero attached hydrogens (tertiary/aromatic N) is 1. The molecule has 0 unspecified atom stereocenters. The van der Waals surface area contributed by atoms with Crippen LogP contribution in [0.25, 0.3) is 10.9 Å². The lowest BCUT2D eigenvalue weighted by Crippen LogP contribution is -2.26. The number of carbonyl (C=O) groups is 1. The van der Waals surface area contributed by atoms with E-state index in [0.29, 0.717) is 5.69 Å². The van der Waals surface area contributed by atoms with Crippen molar-refractivity contribution in [2.45, 2.75) is 46.5 Å². The van der Waals surface area contributed by atoms with E-state index in [1.807, 2.05) is 6.07 Å². The minimum absolute atomic E-state index is 0.0938. The predicted molar refractivity (Wildman–Crippen MR) is 92.9 cm³/mol. The molecule has 1 fully saturated rings. The molecule has 0 spiro atoms. The zero-order chi connectivity index (χ0) is 15.7. The molecule has 1 saturated carbocycles. The van der Waals surface area contributed by atoms with Gasteiger partial charge in [0.25, 0.3) is 0 Å². The highest BCUT2D eigenvalue weighted by atomic mass is 16.1. The number of fused-ring (bicyclic) bond motifs is 1. The molecule has 3 heteroatoms. The fourth-order valence-electron chi connectivity index (χ4n) is 3.24. The highest BCUT2D eigenvalue weighted by Gasteiger charge is 2.22. The molecule has 2 aromatic rings. The number of hydrogen-bond acceptors (Lipinski definition) is 2. The van der Waals surface area contributed by atoms with Crippen molar-refractivity contribution >= 4 is 22.4 Å². The Balaban J connectivity index is 1.92. The van der Waals surface area contributed by atoms with E-state index in [0.717, 1.165) is 30.9 Å². The van der Waals surface area contributed by atoms with Crippen LogP contribution in [0.3, 0.4) is 0 Å². The third-order valence-corrected chi connectivity index (χ3v) is 4.76. The Morgan fingerprint density at radius 1 is 1.32 bits per heavy atom. The summed E-state index contributed by atoms with van der Waals surface area (Å²) in [6, 6.07) is 6.33. The lowest BCUT2D eigenvalue weighted by atomic mass is 10.1. The fourth-order valence-corrected chi connectivity index (χ4v) is 3.24. The van der Waals surface area contributed by atoms with Gasteiger partial charge < -0.3 is 9.88 Å². The van der Waals surface area contributed by atoms with Crippen LogP contribution in [0.15, 0.2) is 18.2 Å². The highest BCUT2D eigenvalue weighted by molar-refractivity contribution is 5.99. The summed E-state index contributed by atoms with van der Waals surface area (Å²) in [5.74, 6) is 1.05. The topological polar surface area (TPSA) is 36.1 Å². The highest BCUT2D eigenvalue weighted by Crippen LogP contribution is 2.34. The van der Waals surface area contributed by atoms with Gasteiger partial charge in [0.05, 0.1) is 5.69 Å². The maximum atomic E-state index is 11.6. The molecule has 1 aliphatic rings. The summed E-state index contributed by atoms with van der Waals surface area (Å²) in [5, 5.41) is 1.18. The molecule has 3 nitrogen and oxygen atoms in total. The number of benzene rings is 1. The number of carbonyl (C=O) groups excluding carboxylic acids is 1. The molecule has 3 rings (SSSR count). The van der Waals surface area contributed by atoms with Crippen molar-refractivity contribution in [1.29, 1.82) is 0 Å². The Morgan fingerprint density at radius 2 is 2.09 bits per heavy atom. The van der Waals surface area contributed by atoms with Crippen LogP contribution in [0.2, 0.25) is 0 Å². The first-order valence-corrected chi connectivity index (χ1v) is 8.48. The quantitative estimate of drug-likeness (QED) is 0.752. The molecule has 0 radical (unpaired) electrons. The van der Waals surface area contributed by atoms with Crippen LogP contribution in [0.5, 0.6) is 0 Å². The van der Waals surface area contributed by atoms with Gasteiger partial charge in [-0.3, -0.25) is 4.79 Å². The average Bonchev–Trinajstić information content (AvgIpc) is 3.20. The van der Waals surface area contributed by atoms with Crippen molar-refractivity contribution < 1.29 is 4.79 Å². The first-order valence-electron chi connectivity index (χ1n) is 8.48. The van der Waals surface area contributed by atoms with Gasteiger partial charge in [-0.1, -0.05) is 19.8 Å². The van der Waals surface area contributed by atoms with Crippen LogP contribution in [0.4, 0.5) is 5.69 Å². The molecule has 0 atom stereocenters. The molecular weight excluding hydrogens is 272 g/mol. The van der Waals surface area contributed by atoms with Gasteiger partial charge in [-0.2, -0.15) is 0 Å². The van der Waals surface area contributed by atoms with Gasteiger partial charge in [0.15, 0.2) is 5.78 Å². The number of anilines is 1. The van der Waals surface area contributed by atoms with Crippen LogP contribution in [0.1, 0.15) is 55.6 Å². The number of aromatic nitrogens is 1. The van der Waals surface area contributed by atoms with Gasteiger partial charge in [-0.25, -0.2) is 0 Å². The molecule has 1 heterocycles. The summed E-state index contributed by atoms with van der Waals surface area (Å²) in [6.07, 6.45) is 5.30. The van der Waals surface area contributed by atoms with E-state index in [1.54, 1.807) is 6.92 Å². The molecule has 1 aromatic carbocycles. The van der Waals surface area contributed by atoms with E-state index in [-0.39, 0.29) is 5.78 Å². The monoisotopic (exact) mass is 298 g/mol. The molecule has 0 aliphatic heterocycles. The molecule has 0 amide bonds. The second kappa shape index (κ2) is 6.15. The molecule has 1 aromatic heterocycles. The molecular formula is C19H26N2O. The number of Topliss-reactive ketones (excluding diaryl/α,β-unsaturated/α-hetero) is 1. The van der Waals surface area contributed by atoms with Crippen molar-refractivity contribution in [2.75, 3.05) is 18.0 Å². The lowest BCUT2D eigenvalue weighted by Gasteiger charge is -2.26. The van der Waals surface area contributed by atoms with Crippen LogP contribution >= 0.6 is 0 Å². The number of nitrogens with one attached hydrogen (secondary N) is 1. The number of H-pyrrole nitrogens is 1. The lowest BCUT2D eigenvalue weighted by molar-refractivity contribution is 0.101. The standard InChI is InChI=1S/C19H26N2O/c1-4-10-21(11-9-15-5-6-15)19-8-7-17-16(13(19)2)12-18(20-17)14(3)22/h7-8,12,15,20H,4-6,9-11H2,1-3H3. The Bertz CT molecular complexity index is 682. The smallest absolute Gasteiger partial charge is 0.175 e. The van der Waals surface area contributed by atoms with Gasteiger partial charge in [-0.05, 0) is 49.4 Å². The number of aromatic amines is 1. The van der Waals surface area contributed by atoms with Gasteiger partial charge in [-0.15, -0.1) is 0 Å². The summed E-state index contributed by atoms with van der Waals surface area (Å²) < 4.78 is 0. The first kappa shape index (κ1) is 15.1. The third kappa shape index (κ3) is 3.03. The van der Waals surface area contributed by atoms with Crippen molar-refractivity contribution in [2.24, 2.45) is 5.92 Å². The SMILES string of the molecule is CCCN(CCC1CC1)c1ccc2[nH]c(C(C)=O)cc2c1C. The minimum Gasteiger partial charge on any atom is -0.371 e. The van der Waals surface area contributed by atoms with Crippen LogP contribution < -0.4 is 4.90 Å². The molecule has 0 saturated heterocycles. The Morgan fingerprint density at radius 3 is 2.73 bits per heavy atom. The van der Waals surface area contributed by atoms with Gasteiger partial charge in [0, 0.05) is 36.6 Å². The molecule has 1 aliphatic carbocycles. The number of aryl methyl sites for hydroxylation is 1. The predicted octanol–water partition coefficient (Wildman–Crippen LogP) is 4.70. The van der Waals surface area contributed by atoms with Gasteiger partial charge >= 0.3 is 0 Å². The van der Waals surface area contributed by atoms with Crippen molar-refractivity contribution in [3.8, 4) is 0 Å². The van der Waals surface area contributed by atoms with Crippen LogP contribution in [0, 0.1) is 12.8 Å². The summed E-state index contributed by atoms with van der Waals surface area (Å²) in [5.41, 5.74) is 4.37. The minimum atomic E-state index is 0.0938. The molecule has 0 bridgehead atoms. The normalized spacial score (nSPS) is 14.5. The van der Waals surface area contributed by atoms with Crippen LogP contribution in [-0.4, -0.2) is 23.9 Å². The van der Waals surface area contributed by atoms with E-state index in [1.165, 1.54) is 35.9 Å². The second-order valence-electron chi connectivity index (χ2n) is 6.63. The van der Waals surface area contributed by atoms with E-state index >= 15 is 0 Å². The first-order chi connectivity index (χ1) is 10.6. The van der Waals surface area contributed by atoms with E-state index in [4.69, 9.17) is 0 Å². The summed E-state index contributed by atoms with van der Waals surface area (Å²) in [4.78, 5) is 17.3. The number of ketones is 1. The Kier molecular flexibility index (Phi) is 4.23. The van der Waals surface area contributed by atoms with Crippen molar-refractivity contribution in [3.05, 3.63) is 29.5 Å². The van der Waals surface area contributed by atoms with E-state index in [9.17, 15) is 4.79 Å². The number of hydrogen-bond donors (Lipinski definition) is 1. The maximum Gasteiger partial charge on any atom is 0.175 e. The van der Waals surface area contributed by atoms with Gasteiger partial charge in [0.1, 0.15) is 0 Å².